The van der Waals surface area contributed by atoms with Gasteiger partial charge in [0.05, 0.1) is 12.1 Å². The first-order valence-corrected chi connectivity index (χ1v) is 9.47. The summed E-state index contributed by atoms with van der Waals surface area (Å²) in [6.45, 7) is 9.17. The van der Waals surface area contributed by atoms with E-state index in [4.69, 9.17) is 0 Å². The molecule has 0 bridgehead atoms. The predicted molar refractivity (Wildman–Crippen MR) is 103 cm³/mol. The predicted octanol–water partition coefficient (Wildman–Crippen LogP) is 2.40. The first-order valence-electron chi connectivity index (χ1n) is 9.47. The lowest BCUT2D eigenvalue weighted by Gasteiger charge is -2.21. The number of aliphatic imine (C=N–C) groups is 1. The lowest BCUT2D eigenvalue weighted by molar-refractivity contribution is -0.137. The molecule has 0 saturated carbocycles. The van der Waals surface area contributed by atoms with Crippen molar-refractivity contribution in [3.05, 3.63) is 35.4 Å². The highest BCUT2D eigenvalue weighted by Gasteiger charge is 2.29. The summed E-state index contributed by atoms with van der Waals surface area (Å²) in [4.78, 5) is 9.27. The van der Waals surface area contributed by atoms with Crippen LogP contribution in [-0.2, 0) is 12.7 Å². The number of nitrogens with zero attached hydrogens (tertiary/aromatic N) is 3. The van der Waals surface area contributed by atoms with Gasteiger partial charge in [-0.25, -0.2) is 4.99 Å². The monoisotopic (exact) mass is 385 g/mol. The molecule has 0 aromatic heterocycles. The average Bonchev–Trinajstić information content (AvgIpc) is 2.83. The molecule has 1 aromatic rings. The van der Waals surface area contributed by atoms with Gasteiger partial charge in [-0.2, -0.15) is 13.2 Å². The number of benzene rings is 1. The zero-order chi connectivity index (χ0) is 19.7. The maximum atomic E-state index is 12.6. The van der Waals surface area contributed by atoms with Gasteiger partial charge in [-0.15, -0.1) is 0 Å². The third-order valence-corrected chi connectivity index (χ3v) is 4.58. The summed E-state index contributed by atoms with van der Waals surface area (Å²) < 4.78 is 37.9. The maximum absolute atomic E-state index is 12.6. The number of alkyl halides is 3. The van der Waals surface area contributed by atoms with Gasteiger partial charge in [-0.3, -0.25) is 0 Å². The average molecular weight is 385 g/mol. The minimum Gasteiger partial charge on any atom is -0.357 e. The molecule has 152 valence electrons. The highest BCUT2D eigenvalue weighted by molar-refractivity contribution is 5.79. The quantitative estimate of drug-likeness (QED) is 0.583. The van der Waals surface area contributed by atoms with Crippen LogP contribution in [-0.4, -0.2) is 68.6 Å². The van der Waals surface area contributed by atoms with Crippen LogP contribution in [0.4, 0.5) is 13.2 Å². The van der Waals surface area contributed by atoms with Gasteiger partial charge in [0.2, 0.25) is 0 Å². The van der Waals surface area contributed by atoms with Crippen molar-refractivity contribution >= 4 is 5.96 Å². The molecule has 0 aliphatic carbocycles. The fourth-order valence-electron chi connectivity index (χ4n) is 2.97. The number of halogens is 3. The van der Waals surface area contributed by atoms with E-state index in [1.165, 1.54) is 18.6 Å². The second-order valence-corrected chi connectivity index (χ2v) is 6.82. The van der Waals surface area contributed by atoms with E-state index in [0.717, 1.165) is 63.5 Å². The third kappa shape index (κ3) is 7.76. The first kappa shape index (κ1) is 21.5. The van der Waals surface area contributed by atoms with Crippen LogP contribution in [0.5, 0.6) is 0 Å². The molecule has 1 aromatic carbocycles. The Kier molecular flexibility index (Phi) is 8.37. The second-order valence-electron chi connectivity index (χ2n) is 6.82. The van der Waals surface area contributed by atoms with E-state index in [-0.39, 0.29) is 0 Å². The molecule has 1 heterocycles. The first-order chi connectivity index (χ1) is 12.9. The summed E-state index contributed by atoms with van der Waals surface area (Å²) in [6, 6.07) is 5.15. The van der Waals surface area contributed by atoms with Crippen molar-refractivity contribution in [3.63, 3.8) is 0 Å². The van der Waals surface area contributed by atoms with Crippen molar-refractivity contribution in [2.45, 2.75) is 26.1 Å². The summed E-state index contributed by atoms with van der Waals surface area (Å²) in [5.41, 5.74) is 0.110. The van der Waals surface area contributed by atoms with E-state index in [9.17, 15) is 13.2 Å². The number of rotatable bonds is 6. The molecular formula is C19H30F3N5. The standard InChI is InChI=1S/C19H30F3N5/c1-3-23-18(24-9-12-27-11-4-10-26(2)13-14-27)25-15-16-5-7-17(8-6-16)19(20,21)22/h5-8H,3-4,9-15H2,1-2H3,(H2,23,24,25). The zero-order valence-electron chi connectivity index (χ0n) is 16.1. The van der Waals surface area contributed by atoms with Crippen LogP contribution >= 0.6 is 0 Å². The summed E-state index contributed by atoms with van der Waals surface area (Å²) in [5, 5.41) is 6.49. The fourth-order valence-corrected chi connectivity index (χ4v) is 2.97. The lowest BCUT2D eigenvalue weighted by atomic mass is 10.1. The van der Waals surface area contributed by atoms with Gasteiger partial charge in [0.15, 0.2) is 5.96 Å². The van der Waals surface area contributed by atoms with Crippen LogP contribution in [0.2, 0.25) is 0 Å². The van der Waals surface area contributed by atoms with Crippen LogP contribution in [0.1, 0.15) is 24.5 Å². The van der Waals surface area contributed by atoms with E-state index in [0.29, 0.717) is 12.5 Å². The summed E-state index contributed by atoms with van der Waals surface area (Å²) in [6.07, 6.45) is -3.13. The molecule has 27 heavy (non-hydrogen) atoms. The van der Waals surface area contributed by atoms with E-state index in [2.05, 4.69) is 32.5 Å². The minimum atomic E-state index is -4.31. The second kappa shape index (κ2) is 10.5. The van der Waals surface area contributed by atoms with Crippen LogP contribution in [0.3, 0.4) is 0 Å². The Balaban J connectivity index is 1.83. The number of hydrogen-bond donors (Lipinski definition) is 2. The van der Waals surface area contributed by atoms with E-state index >= 15 is 0 Å². The Morgan fingerprint density at radius 1 is 1.07 bits per heavy atom. The lowest BCUT2D eigenvalue weighted by Crippen LogP contribution is -2.42. The van der Waals surface area contributed by atoms with Gasteiger partial charge < -0.3 is 20.4 Å². The number of nitrogens with one attached hydrogen (secondary N) is 2. The van der Waals surface area contributed by atoms with Crippen LogP contribution in [0.25, 0.3) is 0 Å². The van der Waals surface area contributed by atoms with E-state index < -0.39 is 11.7 Å². The molecule has 2 rings (SSSR count). The fraction of sp³-hybridized carbons (Fsp3) is 0.632. The molecular weight excluding hydrogens is 355 g/mol. The Hall–Kier alpha value is -1.80. The molecule has 5 nitrogen and oxygen atoms in total. The molecule has 1 aliphatic rings. The van der Waals surface area contributed by atoms with Crippen LogP contribution in [0, 0.1) is 0 Å². The smallest absolute Gasteiger partial charge is 0.357 e. The molecule has 1 saturated heterocycles. The molecule has 0 unspecified atom stereocenters. The van der Waals surface area contributed by atoms with E-state index in [1.807, 2.05) is 6.92 Å². The van der Waals surface area contributed by atoms with Crippen molar-refractivity contribution in [2.24, 2.45) is 4.99 Å². The zero-order valence-corrected chi connectivity index (χ0v) is 16.1. The van der Waals surface area contributed by atoms with Crippen molar-refractivity contribution in [1.29, 1.82) is 0 Å². The molecule has 0 amide bonds. The van der Waals surface area contributed by atoms with Gasteiger partial charge in [-0.05, 0) is 51.2 Å². The third-order valence-electron chi connectivity index (χ3n) is 4.58. The molecule has 0 atom stereocenters. The highest BCUT2D eigenvalue weighted by atomic mass is 19.4. The molecule has 8 heteroatoms. The highest BCUT2D eigenvalue weighted by Crippen LogP contribution is 2.29. The summed E-state index contributed by atoms with van der Waals surface area (Å²) in [5.74, 6) is 0.685. The Morgan fingerprint density at radius 2 is 1.81 bits per heavy atom. The molecule has 0 spiro atoms. The van der Waals surface area contributed by atoms with Crippen LogP contribution < -0.4 is 10.6 Å². The SMILES string of the molecule is CCNC(=NCc1ccc(C(F)(F)F)cc1)NCCN1CCCN(C)CC1. The van der Waals surface area contributed by atoms with Crippen molar-refractivity contribution in [1.82, 2.24) is 20.4 Å². The van der Waals surface area contributed by atoms with Crippen LogP contribution in [0.15, 0.2) is 29.3 Å². The molecule has 0 radical (unpaired) electrons. The normalized spacial score (nSPS) is 17.6. The van der Waals surface area contributed by atoms with Gasteiger partial charge in [0, 0.05) is 32.7 Å². The van der Waals surface area contributed by atoms with Crippen molar-refractivity contribution in [3.8, 4) is 0 Å². The molecule has 2 N–H and O–H groups in total. The Labute approximate surface area is 159 Å². The van der Waals surface area contributed by atoms with Gasteiger partial charge >= 0.3 is 6.18 Å². The molecule has 1 fully saturated rings. The number of likely N-dealkylation sites (N-methyl/N-ethyl adjacent to an activating group) is 1. The number of hydrogen-bond acceptors (Lipinski definition) is 3. The van der Waals surface area contributed by atoms with Gasteiger partial charge in [-0.1, -0.05) is 12.1 Å². The largest absolute Gasteiger partial charge is 0.416 e. The topological polar surface area (TPSA) is 42.9 Å². The van der Waals surface area contributed by atoms with Crippen molar-refractivity contribution in [2.75, 3.05) is 52.9 Å². The van der Waals surface area contributed by atoms with Gasteiger partial charge in [0.25, 0.3) is 0 Å². The molecule has 1 aliphatic heterocycles. The minimum absolute atomic E-state index is 0.335. The van der Waals surface area contributed by atoms with Crippen molar-refractivity contribution < 1.29 is 13.2 Å². The maximum Gasteiger partial charge on any atom is 0.416 e. The Bertz CT molecular complexity index is 586. The summed E-state index contributed by atoms with van der Waals surface area (Å²) in [7, 11) is 2.15. The van der Waals surface area contributed by atoms with Gasteiger partial charge in [0.1, 0.15) is 0 Å². The Morgan fingerprint density at radius 3 is 2.48 bits per heavy atom. The summed E-state index contributed by atoms with van der Waals surface area (Å²) >= 11 is 0. The van der Waals surface area contributed by atoms with E-state index in [1.54, 1.807) is 0 Å². The number of guanidine groups is 1.